The first-order valence-corrected chi connectivity index (χ1v) is 9.27. The van der Waals surface area contributed by atoms with Gasteiger partial charge < -0.3 is 4.90 Å². The fraction of sp³-hybridized carbons (Fsp3) is 0.318. The first-order valence-electron chi connectivity index (χ1n) is 9.27. The van der Waals surface area contributed by atoms with E-state index in [4.69, 9.17) is 5.26 Å². The van der Waals surface area contributed by atoms with Crippen molar-refractivity contribution in [3.05, 3.63) is 71.3 Å². The van der Waals surface area contributed by atoms with E-state index in [1.165, 1.54) is 0 Å². The summed E-state index contributed by atoms with van der Waals surface area (Å²) in [4.78, 5) is 28.9. The number of amides is 1. The summed E-state index contributed by atoms with van der Waals surface area (Å²) in [5, 5.41) is 8.98. The van der Waals surface area contributed by atoms with E-state index < -0.39 is 0 Å². The zero-order valence-electron chi connectivity index (χ0n) is 15.3. The number of carbonyl (C=O) groups excluding carboxylic acids is 2. The second kappa shape index (κ2) is 9.11. The maximum atomic E-state index is 12.6. The number of ketones is 1. The lowest BCUT2D eigenvalue weighted by Crippen LogP contribution is -2.48. The van der Waals surface area contributed by atoms with Crippen LogP contribution in [0.15, 0.2) is 54.6 Å². The highest BCUT2D eigenvalue weighted by atomic mass is 16.2. The predicted octanol–water partition coefficient (Wildman–Crippen LogP) is 2.98. The Labute approximate surface area is 159 Å². The van der Waals surface area contributed by atoms with E-state index in [0.717, 1.165) is 31.6 Å². The second-order valence-electron chi connectivity index (χ2n) is 6.72. The van der Waals surface area contributed by atoms with E-state index in [-0.39, 0.29) is 11.7 Å². The molecule has 5 nitrogen and oxygen atoms in total. The first kappa shape index (κ1) is 18.8. The van der Waals surface area contributed by atoms with Crippen LogP contribution in [0.2, 0.25) is 0 Å². The minimum absolute atomic E-state index is 0.0222. The molecule has 1 aliphatic heterocycles. The molecule has 2 aromatic rings. The van der Waals surface area contributed by atoms with Gasteiger partial charge in [0.25, 0.3) is 5.91 Å². The van der Waals surface area contributed by atoms with Crippen molar-refractivity contribution in [1.82, 2.24) is 9.80 Å². The van der Waals surface area contributed by atoms with Crippen LogP contribution < -0.4 is 0 Å². The Bertz CT molecular complexity index is 834. The molecule has 3 rings (SSSR count). The topological polar surface area (TPSA) is 64.4 Å². The highest BCUT2D eigenvalue weighted by Crippen LogP contribution is 2.12. The van der Waals surface area contributed by atoms with Crippen LogP contribution in [0, 0.1) is 11.3 Å². The van der Waals surface area contributed by atoms with E-state index in [0.29, 0.717) is 30.6 Å². The Kier molecular flexibility index (Phi) is 6.35. The van der Waals surface area contributed by atoms with Crippen LogP contribution >= 0.6 is 0 Å². The minimum Gasteiger partial charge on any atom is -0.336 e. The number of hydrogen-bond acceptors (Lipinski definition) is 4. The molecular formula is C22H23N3O2. The Morgan fingerprint density at radius 1 is 0.926 bits per heavy atom. The Morgan fingerprint density at radius 3 is 2.33 bits per heavy atom. The van der Waals surface area contributed by atoms with E-state index in [1.807, 2.05) is 35.2 Å². The summed E-state index contributed by atoms with van der Waals surface area (Å²) >= 11 is 0. The first-order chi connectivity index (χ1) is 13.2. The van der Waals surface area contributed by atoms with Crippen LogP contribution in [0.5, 0.6) is 0 Å². The van der Waals surface area contributed by atoms with Crippen LogP contribution in [0.1, 0.15) is 39.1 Å². The molecule has 2 aromatic carbocycles. The van der Waals surface area contributed by atoms with E-state index in [2.05, 4.69) is 11.0 Å². The number of hydrogen-bond donors (Lipinski definition) is 0. The number of carbonyl (C=O) groups is 2. The maximum Gasteiger partial charge on any atom is 0.253 e. The summed E-state index contributed by atoms with van der Waals surface area (Å²) in [6, 6.07) is 18.3. The average Bonchev–Trinajstić information content (AvgIpc) is 2.74. The van der Waals surface area contributed by atoms with Gasteiger partial charge in [0.1, 0.15) is 0 Å². The van der Waals surface area contributed by atoms with Gasteiger partial charge in [-0.05, 0) is 31.2 Å². The molecule has 0 bridgehead atoms. The second-order valence-corrected chi connectivity index (χ2v) is 6.72. The van der Waals surface area contributed by atoms with Gasteiger partial charge in [-0.15, -0.1) is 0 Å². The van der Waals surface area contributed by atoms with Crippen molar-refractivity contribution in [2.24, 2.45) is 0 Å². The lowest BCUT2D eigenvalue weighted by atomic mass is 10.1. The molecule has 0 N–H and O–H groups in total. The fourth-order valence-electron chi connectivity index (χ4n) is 3.31. The van der Waals surface area contributed by atoms with Crippen molar-refractivity contribution in [1.29, 1.82) is 5.26 Å². The third kappa shape index (κ3) is 5.02. The van der Waals surface area contributed by atoms with Gasteiger partial charge in [0.05, 0.1) is 11.6 Å². The van der Waals surface area contributed by atoms with Gasteiger partial charge in [0.15, 0.2) is 5.78 Å². The molecule has 1 amide bonds. The van der Waals surface area contributed by atoms with Gasteiger partial charge in [-0.2, -0.15) is 5.26 Å². The summed E-state index contributed by atoms with van der Waals surface area (Å²) in [6.45, 7) is 3.82. The molecule has 1 heterocycles. The summed E-state index contributed by atoms with van der Waals surface area (Å²) in [6.07, 6.45) is 1.37. The van der Waals surface area contributed by atoms with Gasteiger partial charge in [-0.1, -0.05) is 36.4 Å². The predicted molar refractivity (Wildman–Crippen MR) is 104 cm³/mol. The molecule has 0 radical (unpaired) electrons. The summed E-state index contributed by atoms with van der Waals surface area (Å²) < 4.78 is 0. The molecule has 138 valence electrons. The van der Waals surface area contributed by atoms with Crippen molar-refractivity contribution in [3.63, 3.8) is 0 Å². The molecule has 27 heavy (non-hydrogen) atoms. The normalized spacial score (nSPS) is 14.6. The van der Waals surface area contributed by atoms with Crippen LogP contribution in [0.3, 0.4) is 0 Å². The van der Waals surface area contributed by atoms with Crippen molar-refractivity contribution >= 4 is 11.7 Å². The highest BCUT2D eigenvalue weighted by molar-refractivity contribution is 5.96. The van der Waals surface area contributed by atoms with Crippen molar-refractivity contribution in [3.8, 4) is 6.07 Å². The molecule has 0 aliphatic carbocycles. The number of nitriles is 1. The molecule has 0 aromatic heterocycles. The van der Waals surface area contributed by atoms with E-state index in [9.17, 15) is 9.59 Å². The summed E-state index contributed by atoms with van der Waals surface area (Å²) in [5.74, 6) is 0.160. The summed E-state index contributed by atoms with van der Waals surface area (Å²) in [7, 11) is 0. The van der Waals surface area contributed by atoms with Crippen LogP contribution in [0.25, 0.3) is 0 Å². The highest BCUT2D eigenvalue weighted by Gasteiger charge is 2.22. The Balaban J connectivity index is 1.43. The number of benzene rings is 2. The largest absolute Gasteiger partial charge is 0.336 e. The van der Waals surface area contributed by atoms with E-state index >= 15 is 0 Å². The lowest BCUT2D eigenvalue weighted by Gasteiger charge is -2.34. The average molecular weight is 361 g/mol. The van der Waals surface area contributed by atoms with Crippen LogP contribution in [-0.4, -0.2) is 54.2 Å². The van der Waals surface area contributed by atoms with Crippen LogP contribution in [0.4, 0.5) is 0 Å². The minimum atomic E-state index is -0.0222. The van der Waals surface area contributed by atoms with Gasteiger partial charge in [0, 0.05) is 43.7 Å². The molecule has 1 aliphatic rings. The Hall–Kier alpha value is -2.97. The molecule has 0 unspecified atom stereocenters. The van der Waals surface area contributed by atoms with E-state index in [1.54, 1.807) is 24.3 Å². The molecule has 0 atom stereocenters. The number of piperazine rings is 1. The Morgan fingerprint density at radius 2 is 1.63 bits per heavy atom. The van der Waals surface area contributed by atoms with Gasteiger partial charge in [-0.25, -0.2) is 0 Å². The maximum absolute atomic E-state index is 12.6. The molecule has 1 fully saturated rings. The quantitative estimate of drug-likeness (QED) is 0.742. The molecular weight excluding hydrogens is 338 g/mol. The summed E-state index contributed by atoms with van der Waals surface area (Å²) in [5.41, 5.74) is 1.84. The zero-order valence-corrected chi connectivity index (χ0v) is 15.3. The SMILES string of the molecule is N#Cc1cccc(C(=O)N2CCN(CCCC(=O)c3ccccc3)CC2)c1. The standard InChI is InChI=1S/C22H23N3O2/c23-17-18-6-4-9-20(16-18)22(27)25-14-12-24(13-15-25)11-5-10-21(26)19-7-2-1-3-8-19/h1-4,6-9,16H,5,10-15H2. The third-order valence-electron chi connectivity index (χ3n) is 4.87. The van der Waals surface area contributed by atoms with Gasteiger partial charge in [0.2, 0.25) is 0 Å². The van der Waals surface area contributed by atoms with Crippen molar-refractivity contribution in [2.75, 3.05) is 32.7 Å². The number of nitrogens with zero attached hydrogens (tertiary/aromatic N) is 3. The fourth-order valence-corrected chi connectivity index (χ4v) is 3.31. The van der Waals surface area contributed by atoms with Crippen LogP contribution in [-0.2, 0) is 0 Å². The monoisotopic (exact) mass is 361 g/mol. The van der Waals surface area contributed by atoms with Gasteiger partial charge >= 0.3 is 0 Å². The van der Waals surface area contributed by atoms with Crippen molar-refractivity contribution < 1.29 is 9.59 Å². The number of rotatable bonds is 6. The van der Waals surface area contributed by atoms with Crippen molar-refractivity contribution in [2.45, 2.75) is 12.8 Å². The third-order valence-corrected chi connectivity index (χ3v) is 4.87. The molecule has 5 heteroatoms. The lowest BCUT2D eigenvalue weighted by molar-refractivity contribution is 0.0635. The number of Topliss-reactive ketones (excluding diaryl/α,β-unsaturated/α-hetero) is 1. The molecule has 1 saturated heterocycles. The zero-order chi connectivity index (χ0) is 19.1. The molecule has 0 saturated carbocycles. The van der Waals surface area contributed by atoms with Gasteiger partial charge in [-0.3, -0.25) is 14.5 Å². The smallest absolute Gasteiger partial charge is 0.253 e. The molecule has 0 spiro atoms.